The molecular formula is C20H20O2. The van der Waals surface area contributed by atoms with Gasteiger partial charge >= 0.3 is 5.97 Å². The van der Waals surface area contributed by atoms with Crippen molar-refractivity contribution in [2.75, 3.05) is 7.11 Å². The van der Waals surface area contributed by atoms with Gasteiger partial charge in [0.15, 0.2) is 0 Å². The monoisotopic (exact) mass is 292 g/mol. The molecule has 0 unspecified atom stereocenters. The lowest BCUT2D eigenvalue weighted by molar-refractivity contribution is -0.134. The van der Waals surface area contributed by atoms with Crippen molar-refractivity contribution in [3.63, 3.8) is 0 Å². The highest BCUT2D eigenvalue weighted by Crippen LogP contribution is 2.34. The van der Waals surface area contributed by atoms with E-state index in [-0.39, 0.29) is 5.97 Å². The third-order valence-corrected chi connectivity index (χ3v) is 4.23. The first-order valence-electron chi connectivity index (χ1n) is 7.66. The van der Waals surface area contributed by atoms with Crippen LogP contribution in [0.25, 0.3) is 16.7 Å². The Morgan fingerprint density at radius 1 is 1.05 bits per heavy atom. The number of carbonyl (C=O) groups is 1. The van der Waals surface area contributed by atoms with Crippen LogP contribution in [0, 0.1) is 6.92 Å². The largest absolute Gasteiger partial charge is 0.466 e. The van der Waals surface area contributed by atoms with Gasteiger partial charge in [0, 0.05) is 6.08 Å². The highest BCUT2D eigenvalue weighted by molar-refractivity contribution is 5.92. The average molecular weight is 292 g/mol. The Morgan fingerprint density at radius 2 is 1.77 bits per heavy atom. The van der Waals surface area contributed by atoms with E-state index < -0.39 is 0 Å². The maximum atomic E-state index is 11.6. The molecule has 112 valence electrons. The van der Waals surface area contributed by atoms with Crippen molar-refractivity contribution in [1.29, 1.82) is 0 Å². The summed E-state index contributed by atoms with van der Waals surface area (Å²) in [5.41, 5.74) is 7.25. The van der Waals surface area contributed by atoms with Crippen LogP contribution in [0.2, 0.25) is 0 Å². The fourth-order valence-corrected chi connectivity index (χ4v) is 2.97. The number of benzene rings is 2. The molecule has 1 aliphatic carbocycles. The second kappa shape index (κ2) is 6.18. The Labute approximate surface area is 131 Å². The van der Waals surface area contributed by atoms with E-state index in [4.69, 9.17) is 4.74 Å². The van der Waals surface area contributed by atoms with Crippen molar-refractivity contribution in [2.45, 2.75) is 26.2 Å². The Hall–Kier alpha value is -2.35. The standard InChI is InChI=1S/C20H20O2/c1-14-6-8-15(9-7-14)17-11-10-16-4-3-5-18(19(16)12-17)13-20(21)22-2/h6-13H,3-5H2,1-2H3/b18-13+. The topological polar surface area (TPSA) is 26.3 Å². The molecular weight excluding hydrogens is 272 g/mol. The Bertz CT molecular complexity index is 724. The number of esters is 1. The van der Waals surface area contributed by atoms with Gasteiger partial charge in [-0.2, -0.15) is 0 Å². The molecule has 2 nitrogen and oxygen atoms in total. The van der Waals surface area contributed by atoms with Gasteiger partial charge in [-0.3, -0.25) is 0 Å². The highest BCUT2D eigenvalue weighted by atomic mass is 16.5. The minimum Gasteiger partial charge on any atom is -0.466 e. The summed E-state index contributed by atoms with van der Waals surface area (Å²) in [4.78, 5) is 11.6. The first-order chi connectivity index (χ1) is 10.7. The zero-order valence-electron chi connectivity index (χ0n) is 13.1. The summed E-state index contributed by atoms with van der Waals surface area (Å²) in [5.74, 6) is -0.274. The van der Waals surface area contributed by atoms with Crippen LogP contribution in [0.1, 0.15) is 29.5 Å². The van der Waals surface area contributed by atoms with Crippen LogP contribution in [0.15, 0.2) is 48.5 Å². The van der Waals surface area contributed by atoms with Gasteiger partial charge in [0.25, 0.3) is 0 Å². The number of hydrogen-bond donors (Lipinski definition) is 0. The van der Waals surface area contributed by atoms with Gasteiger partial charge in [-0.05, 0) is 60.1 Å². The number of hydrogen-bond acceptors (Lipinski definition) is 2. The zero-order chi connectivity index (χ0) is 15.5. The van der Waals surface area contributed by atoms with Gasteiger partial charge in [0.1, 0.15) is 0 Å². The molecule has 0 spiro atoms. The first-order valence-corrected chi connectivity index (χ1v) is 7.66. The van der Waals surface area contributed by atoms with E-state index in [1.807, 2.05) is 0 Å². The van der Waals surface area contributed by atoms with Crippen LogP contribution >= 0.6 is 0 Å². The van der Waals surface area contributed by atoms with Crippen LogP contribution < -0.4 is 0 Å². The molecule has 2 heteroatoms. The second-order valence-electron chi connectivity index (χ2n) is 5.78. The van der Waals surface area contributed by atoms with Gasteiger partial charge < -0.3 is 4.74 Å². The third kappa shape index (κ3) is 2.96. The summed E-state index contributed by atoms with van der Waals surface area (Å²) in [6, 6.07) is 15.1. The van der Waals surface area contributed by atoms with Gasteiger partial charge in [0.2, 0.25) is 0 Å². The van der Waals surface area contributed by atoms with Crippen molar-refractivity contribution in [1.82, 2.24) is 0 Å². The van der Waals surface area contributed by atoms with Crippen molar-refractivity contribution in [2.24, 2.45) is 0 Å². The third-order valence-electron chi connectivity index (χ3n) is 4.23. The van der Waals surface area contributed by atoms with E-state index >= 15 is 0 Å². The van der Waals surface area contributed by atoms with Crippen LogP contribution in [0.4, 0.5) is 0 Å². The second-order valence-corrected chi connectivity index (χ2v) is 5.78. The minimum absolute atomic E-state index is 0.274. The molecule has 0 N–H and O–H groups in total. The minimum atomic E-state index is -0.274. The normalized spacial score (nSPS) is 15.5. The smallest absolute Gasteiger partial charge is 0.330 e. The molecule has 0 aliphatic heterocycles. The van der Waals surface area contributed by atoms with Gasteiger partial charge in [-0.25, -0.2) is 4.79 Å². The van der Waals surface area contributed by atoms with E-state index in [0.717, 1.165) is 24.8 Å². The van der Waals surface area contributed by atoms with E-state index in [1.54, 1.807) is 6.08 Å². The van der Waals surface area contributed by atoms with E-state index in [1.165, 1.54) is 34.9 Å². The molecule has 2 aromatic rings. The van der Waals surface area contributed by atoms with E-state index in [9.17, 15) is 4.79 Å². The average Bonchev–Trinajstić information content (AvgIpc) is 2.55. The Kier molecular flexibility index (Phi) is 4.10. The Morgan fingerprint density at radius 3 is 2.50 bits per heavy atom. The predicted molar refractivity (Wildman–Crippen MR) is 89.5 cm³/mol. The first kappa shape index (κ1) is 14.6. The van der Waals surface area contributed by atoms with Crippen LogP contribution in [0.5, 0.6) is 0 Å². The van der Waals surface area contributed by atoms with Crippen LogP contribution in [-0.2, 0) is 16.0 Å². The summed E-state index contributed by atoms with van der Waals surface area (Å²) in [5, 5.41) is 0. The lowest BCUT2D eigenvalue weighted by atomic mass is 9.85. The van der Waals surface area contributed by atoms with Gasteiger partial charge in [-0.15, -0.1) is 0 Å². The molecule has 22 heavy (non-hydrogen) atoms. The summed E-state index contributed by atoms with van der Waals surface area (Å²) >= 11 is 0. The number of ether oxygens (including phenoxy) is 1. The van der Waals surface area contributed by atoms with Gasteiger partial charge in [-0.1, -0.05) is 42.0 Å². The van der Waals surface area contributed by atoms with Gasteiger partial charge in [0.05, 0.1) is 7.11 Å². The lowest BCUT2D eigenvalue weighted by Gasteiger charge is -2.20. The summed E-state index contributed by atoms with van der Waals surface area (Å²) in [6.07, 6.45) is 4.72. The number of rotatable bonds is 2. The number of carbonyl (C=O) groups excluding carboxylic acids is 1. The number of methoxy groups -OCH3 is 1. The van der Waals surface area contributed by atoms with E-state index in [0.29, 0.717) is 0 Å². The lowest BCUT2D eigenvalue weighted by Crippen LogP contribution is -2.05. The Balaban J connectivity index is 2.04. The summed E-state index contributed by atoms with van der Waals surface area (Å²) < 4.78 is 4.78. The SMILES string of the molecule is COC(=O)/C=C1\CCCc2ccc(-c3ccc(C)cc3)cc21. The fourth-order valence-electron chi connectivity index (χ4n) is 2.97. The van der Waals surface area contributed by atoms with Crippen molar-refractivity contribution in [3.8, 4) is 11.1 Å². The van der Waals surface area contributed by atoms with Crippen molar-refractivity contribution in [3.05, 3.63) is 65.2 Å². The molecule has 0 saturated carbocycles. The molecule has 3 rings (SSSR count). The molecule has 0 radical (unpaired) electrons. The molecule has 2 aromatic carbocycles. The molecule has 0 amide bonds. The summed E-state index contributed by atoms with van der Waals surface area (Å²) in [6.45, 7) is 2.09. The molecule has 0 saturated heterocycles. The predicted octanol–water partition coefficient (Wildman–Crippen LogP) is 4.55. The van der Waals surface area contributed by atoms with Crippen LogP contribution in [-0.4, -0.2) is 13.1 Å². The van der Waals surface area contributed by atoms with E-state index in [2.05, 4.69) is 49.4 Å². The number of aryl methyl sites for hydroxylation is 2. The van der Waals surface area contributed by atoms with Crippen molar-refractivity contribution < 1.29 is 9.53 Å². The fraction of sp³-hybridized carbons (Fsp3) is 0.250. The van der Waals surface area contributed by atoms with Crippen LogP contribution in [0.3, 0.4) is 0 Å². The quantitative estimate of drug-likeness (QED) is 0.599. The molecule has 0 atom stereocenters. The number of fused-ring (bicyclic) bond motifs is 1. The van der Waals surface area contributed by atoms with Crippen molar-refractivity contribution >= 4 is 11.5 Å². The molecule has 0 fully saturated rings. The maximum Gasteiger partial charge on any atom is 0.330 e. The maximum absolute atomic E-state index is 11.6. The molecule has 0 heterocycles. The number of allylic oxidation sites excluding steroid dienone is 1. The summed E-state index contributed by atoms with van der Waals surface area (Å²) in [7, 11) is 1.42. The molecule has 0 aromatic heterocycles. The highest BCUT2D eigenvalue weighted by Gasteiger charge is 2.16. The molecule has 0 bridgehead atoms. The zero-order valence-corrected chi connectivity index (χ0v) is 13.1. The molecule has 1 aliphatic rings.